The topological polar surface area (TPSA) is 74.8 Å². The highest BCUT2D eigenvalue weighted by molar-refractivity contribution is 6.07. The largest absolute Gasteiger partial charge is 0.277 e. The standard InChI is InChI=1S/C22H30N2O4.2C2H6/c25-19-13-7-1-2-8-14(13)20(26)23(19)17-11-5-6-12-18(17)24-21(27)15-9-3-4-10-16(15)22(24)28;2*1-2/h13-18H,1-12H2;2*1-2H3. The summed E-state index contributed by atoms with van der Waals surface area (Å²) in [5, 5.41) is 0. The van der Waals surface area contributed by atoms with E-state index in [9.17, 15) is 19.2 Å². The van der Waals surface area contributed by atoms with E-state index in [0.29, 0.717) is 12.8 Å². The van der Waals surface area contributed by atoms with Gasteiger partial charge in [0.05, 0.1) is 35.8 Å². The molecule has 4 amide bonds. The molecule has 5 fully saturated rings. The number of carbonyl (C=O) groups excluding carboxylic acids is 4. The van der Waals surface area contributed by atoms with Gasteiger partial charge in [-0.3, -0.25) is 29.0 Å². The lowest BCUT2D eigenvalue weighted by Crippen LogP contribution is -2.57. The van der Waals surface area contributed by atoms with Crippen molar-refractivity contribution in [3.63, 3.8) is 0 Å². The van der Waals surface area contributed by atoms with E-state index in [1.165, 1.54) is 9.80 Å². The molecular formula is C26H42N2O4. The van der Waals surface area contributed by atoms with Crippen LogP contribution in [0.5, 0.6) is 0 Å². The number of imide groups is 2. The zero-order valence-corrected chi connectivity index (χ0v) is 20.5. The number of hydrogen-bond donors (Lipinski definition) is 0. The highest BCUT2D eigenvalue weighted by atomic mass is 16.2. The summed E-state index contributed by atoms with van der Waals surface area (Å²) in [5.74, 6) is -0.835. The van der Waals surface area contributed by atoms with Gasteiger partial charge in [-0.25, -0.2) is 0 Å². The molecule has 0 spiro atoms. The maximum atomic E-state index is 13.1. The van der Waals surface area contributed by atoms with Gasteiger partial charge in [0.1, 0.15) is 0 Å². The molecule has 2 aliphatic heterocycles. The molecule has 6 heteroatoms. The Morgan fingerprint density at radius 3 is 0.906 bits per heavy atom. The fourth-order valence-electron chi connectivity index (χ4n) is 6.72. The molecule has 2 saturated heterocycles. The van der Waals surface area contributed by atoms with Gasteiger partial charge in [0.2, 0.25) is 23.6 Å². The molecule has 180 valence electrons. The molecule has 3 saturated carbocycles. The highest BCUT2D eigenvalue weighted by Gasteiger charge is 2.56. The molecule has 0 N–H and O–H groups in total. The van der Waals surface area contributed by atoms with Crippen LogP contribution in [0.1, 0.15) is 105 Å². The lowest BCUT2D eigenvalue weighted by atomic mass is 9.81. The molecule has 0 radical (unpaired) electrons. The van der Waals surface area contributed by atoms with Crippen molar-refractivity contribution in [2.45, 2.75) is 117 Å². The van der Waals surface area contributed by atoms with Crippen LogP contribution in [0, 0.1) is 23.7 Å². The second-order valence-corrected chi connectivity index (χ2v) is 9.51. The smallest absolute Gasteiger partial charge is 0.233 e. The zero-order valence-electron chi connectivity index (χ0n) is 20.5. The number of likely N-dealkylation sites (tertiary alicyclic amines) is 2. The number of fused-ring (bicyclic) bond motifs is 2. The van der Waals surface area contributed by atoms with Crippen LogP contribution in [0.4, 0.5) is 0 Å². The SMILES string of the molecule is CC.CC.O=C1C2CCCCC2C(=O)N1C1CCCCC1N1C(=O)C2CCCCC2C1=O. The maximum absolute atomic E-state index is 13.1. The van der Waals surface area contributed by atoms with E-state index in [-0.39, 0.29) is 59.4 Å². The van der Waals surface area contributed by atoms with E-state index in [1.807, 2.05) is 27.7 Å². The Bertz CT molecular complexity index is 613. The predicted molar refractivity (Wildman–Crippen MR) is 123 cm³/mol. The van der Waals surface area contributed by atoms with E-state index in [4.69, 9.17) is 0 Å². The summed E-state index contributed by atoms with van der Waals surface area (Å²) in [6, 6.07) is -0.625. The van der Waals surface area contributed by atoms with Gasteiger partial charge in [-0.05, 0) is 38.5 Å². The van der Waals surface area contributed by atoms with Crippen molar-refractivity contribution >= 4 is 23.6 Å². The lowest BCUT2D eigenvalue weighted by molar-refractivity contribution is -0.153. The summed E-state index contributed by atoms with van der Waals surface area (Å²) in [6.07, 6.45) is 10.6. The van der Waals surface area contributed by atoms with E-state index >= 15 is 0 Å². The van der Waals surface area contributed by atoms with Crippen molar-refractivity contribution in [2.24, 2.45) is 23.7 Å². The van der Waals surface area contributed by atoms with Gasteiger partial charge in [-0.1, -0.05) is 66.2 Å². The van der Waals surface area contributed by atoms with Crippen molar-refractivity contribution in [3.05, 3.63) is 0 Å². The minimum atomic E-state index is -0.313. The average molecular weight is 447 g/mol. The second kappa shape index (κ2) is 10.9. The number of rotatable bonds is 2. The Morgan fingerprint density at radius 2 is 0.656 bits per heavy atom. The maximum Gasteiger partial charge on any atom is 0.233 e. The van der Waals surface area contributed by atoms with Gasteiger partial charge < -0.3 is 0 Å². The van der Waals surface area contributed by atoms with Gasteiger partial charge in [-0.15, -0.1) is 0 Å². The number of amides is 4. The highest BCUT2D eigenvalue weighted by Crippen LogP contribution is 2.44. The molecule has 32 heavy (non-hydrogen) atoms. The molecule has 0 aromatic heterocycles. The van der Waals surface area contributed by atoms with Crippen LogP contribution < -0.4 is 0 Å². The first kappa shape index (κ1) is 24.9. The summed E-state index contributed by atoms with van der Waals surface area (Å²) < 4.78 is 0. The van der Waals surface area contributed by atoms with Gasteiger partial charge in [-0.2, -0.15) is 0 Å². The first-order valence-electron chi connectivity index (χ1n) is 13.3. The Kier molecular flexibility index (Phi) is 8.51. The number of nitrogens with zero attached hydrogens (tertiary/aromatic N) is 2. The molecule has 5 rings (SSSR count). The molecule has 3 aliphatic carbocycles. The van der Waals surface area contributed by atoms with E-state index in [1.54, 1.807) is 0 Å². The fraction of sp³-hybridized carbons (Fsp3) is 0.846. The number of hydrogen-bond acceptors (Lipinski definition) is 4. The third-order valence-corrected chi connectivity index (χ3v) is 8.11. The Morgan fingerprint density at radius 1 is 0.438 bits per heavy atom. The first-order chi connectivity index (χ1) is 15.6. The van der Waals surface area contributed by atoms with Crippen molar-refractivity contribution in [2.75, 3.05) is 0 Å². The van der Waals surface area contributed by atoms with Crippen molar-refractivity contribution < 1.29 is 19.2 Å². The van der Waals surface area contributed by atoms with Crippen LogP contribution in [-0.4, -0.2) is 45.5 Å². The third kappa shape index (κ3) is 4.14. The third-order valence-electron chi connectivity index (χ3n) is 8.11. The molecule has 5 aliphatic rings. The first-order valence-corrected chi connectivity index (χ1v) is 13.3. The average Bonchev–Trinajstić information content (AvgIpc) is 3.26. The minimum absolute atomic E-state index is 0.0388. The summed E-state index contributed by atoms with van der Waals surface area (Å²) in [4.78, 5) is 55.6. The lowest BCUT2D eigenvalue weighted by Gasteiger charge is -2.41. The van der Waals surface area contributed by atoms with E-state index in [0.717, 1.165) is 64.2 Å². The summed E-state index contributed by atoms with van der Waals surface area (Å²) in [6.45, 7) is 8.00. The van der Waals surface area contributed by atoms with E-state index in [2.05, 4.69) is 0 Å². The van der Waals surface area contributed by atoms with Crippen LogP contribution in [0.3, 0.4) is 0 Å². The molecule has 0 aromatic rings. The summed E-state index contributed by atoms with van der Waals surface area (Å²) in [7, 11) is 0. The molecule has 6 nitrogen and oxygen atoms in total. The van der Waals surface area contributed by atoms with Crippen LogP contribution in [-0.2, 0) is 19.2 Å². The van der Waals surface area contributed by atoms with Gasteiger partial charge >= 0.3 is 0 Å². The Balaban J connectivity index is 0.000000686. The molecule has 0 bridgehead atoms. The van der Waals surface area contributed by atoms with E-state index < -0.39 is 0 Å². The van der Waals surface area contributed by atoms with Crippen LogP contribution in [0.15, 0.2) is 0 Å². The van der Waals surface area contributed by atoms with Crippen LogP contribution >= 0.6 is 0 Å². The summed E-state index contributed by atoms with van der Waals surface area (Å²) in [5.41, 5.74) is 0. The van der Waals surface area contributed by atoms with Gasteiger partial charge in [0.15, 0.2) is 0 Å². The molecule has 6 unspecified atom stereocenters. The van der Waals surface area contributed by atoms with Crippen LogP contribution in [0.25, 0.3) is 0 Å². The normalized spacial score (nSPS) is 36.6. The van der Waals surface area contributed by atoms with Crippen molar-refractivity contribution in [3.8, 4) is 0 Å². The number of carbonyl (C=O) groups is 4. The Labute approximate surface area is 193 Å². The van der Waals surface area contributed by atoms with Crippen molar-refractivity contribution in [1.82, 2.24) is 9.80 Å². The fourth-order valence-corrected chi connectivity index (χ4v) is 6.72. The Hall–Kier alpha value is -1.72. The zero-order chi connectivity index (χ0) is 23.4. The molecular weight excluding hydrogens is 404 g/mol. The molecule has 6 atom stereocenters. The predicted octanol–water partition coefficient (Wildman–Crippen LogP) is 4.70. The quantitative estimate of drug-likeness (QED) is 0.576. The van der Waals surface area contributed by atoms with Gasteiger partial charge in [0.25, 0.3) is 0 Å². The minimum Gasteiger partial charge on any atom is -0.277 e. The molecule has 2 heterocycles. The van der Waals surface area contributed by atoms with Crippen molar-refractivity contribution in [1.29, 1.82) is 0 Å². The van der Waals surface area contributed by atoms with Crippen LogP contribution in [0.2, 0.25) is 0 Å². The summed E-state index contributed by atoms with van der Waals surface area (Å²) >= 11 is 0. The molecule has 0 aromatic carbocycles. The van der Waals surface area contributed by atoms with Gasteiger partial charge in [0, 0.05) is 0 Å². The second-order valence-electron chi connectivity index (χ2n) is 9.51. The monoisotopic (exact) mass is 446 g/mol.